The zero-order chi connectivity index (χ0) is 8.65. The van der Waals surface area contributed by atoms with Crippen molar-refractivity contribution in [1.29, 1.82) is 0 Å². The Hall–Kier alpha value is 0.907. The first-order chi connectivity index (χ1) is 4.92. The molecule has 0 radical (unpaired) electrons. The van der Waals surface area contributed by atoms with Gasteiger partial charge >= 0.3 is 0 Å². The monoisotopic (exact) mass is 283 g/mol. The average Bonchev–Trinajstić information content (AvgIpc) is 2.05. The van der Waals surface area contributed by atoms with Gasteiger partial charge in [-0.3, -0.25) is 0 Å². The van der Waals surface area contributed by atoms with Crippen LogP contribution in [0.2, 0.25) is 19.1 Å². The summed E-state index contributed by atoms with van der Waals surface area (Å²) >= 11 is 2.50. The Morgan fingerprint density at radius 3 is 2.18 bits per heavy atom. The van der Waals surface area contributed by atoms with Crippen LogP contribution in [0.5, 0.6) is 0 Å². The van der Waals surface area contributed by atoms with E-state index in [0.717, 1.165) is 12.0 Å². The topological polar surface area (TPSA) is 3.24 Å². The van der Waals surface area contributed by atoms with Crippen LogP contribution < -0.4 is 0 Å². The molecule has 1 fully saturated rings. The maximum Gasteiger partial charge on any atom is 0.0656 e. The highest BCUT2D eigenvalue weighted by Crippen LogP contribution is 2.33. The maximum atomic E-state index is 2.54. The van der Waals surface area contributed by atoms with E-state index in [0.29, 0.717) is 0 Å². The zero-order valence-electron chi connectivity index (χ0n) is 7.89. The van der Waals surface area contributed by atoms with Crippen LogP contribution in [0.1, 0.15) is 13.8 Å². The molecule has 1 unspecified atom stereocenters. The molecule has 0 aromatic rings. The second-order valence-corrected chi connectivity index (χ2v) is 11.0. The average molecular weight is 283 g/mol. The normalized spacial score (nSPS) is 31.6. The van der Waals surface area contributed by atoms with Gasteiger partial charge in [0, 0.05) is 35.1 Å². The van der Waals surface area contributed by atoms with Crippen LogP contribution >= 0.6 is 22.9 Å². The molecule has 1 saturated heterocycles. The third-order valence-corrected chi connectivity index (χ3v) is 6.89. The van der Waals surface area contributed by atoms with Crippen LogP contribution in [0.3, 0.4) is 0 Å². The molecule has 0 amide bonds. The van der Waals surface area contributed by atoms with Crippen molar-refractivity contribution in [2.24, 2.45) is 5.92 Å². The molecule has 1 nitrogen and oxygen atoms in total. The minimum absolute atomic E-state index is 0.811. The molecule has 1 aliphatic heterocycles. The van der Waals surface area contributed by atoms with Crippen molar-refractivity contribution < 1.29 is 0 Å². The summed E-state index contributed by atoms with van der Waals surface area (Å²) in [4.78, 5) is 0. The molecule has 0 N–H and O–H groups in total. The molecule has 66 valence electrons. The number of halogens is 1. The number of hydrogen-bond donors (Lipinski definition) is 0. The predicted octanol–water partition coefficient (Wildman–Crippen LogP) is 2.92. The van der Waals surface area contributed by atoms with Crippen LogP contribution in [0.15, 0.2) is 0 Å². The van der Waals surface area contributed by atoms with Gasteiger partial charge in [-0.15, -0.1) is 0 Å². The lowest BCUT2D eigenvalue weighted by Gasteiger charge is -2.20. The van der Waals surface area contributed by atoms with Gasteiger partial charge in [-0.05, 0) is 12.0 Å². The fourth-order valence-electron chi connectivity index (χ4n) is 1.82. The smallest absolute Gasteiger partial charge is 0.0656 e. The number of rotatable bonds is 1. The van der Waals surface area contributed by atoms with Gasteiger partial charge in [-0.1, -0.05) is 26.9 Å². The van der Waals surface area contributed by atoms with Crippen LogP contribution in [-0.2, 0) is 0 Å². The largest absolute Gasteiger partial charge is 0.247 e. The van der Waals surface area contributed by atoms with E-state index in [1.54, 1.807) is 0 Å². The fourth-order valence-corrected chi connectivity index (χ4v) is 8.80. The lowest BCUT2D eigenvalue weighted by Crippen LogP contribution is -2.27. The van der Waals surface area contributed by atoms with Crippen molar-refractivity contribution in [1.82, 2.24) is 3.11 Å². The van der Waals surface area contributed by atoms with Crippen LogP contribution in [-0.4, -0.2) is 23.4 Å². The second-order valence-electron chi connectivity index (χ2n) is 4.74. The molecule has 0 aromatic heterocycles. The molecule has 11 heavy (non-hydrogen) atoms. The first-order valence-electron chi connectivity index (χ1n) is 4.35. The molecule has 0 aliphatic carbocycles. The van der Waals surface area contributed by atoms with E-state index in [-0.39, 0.29) is 0 Å². The minimum atomic E-state index is -0.811. The third kappa shape index (κ3) is 2.42. The summed E-state index contributed by atoms with van der Waals surface area (Å²) in [6.45, 7) is 9.68. The maximum absolute atomic E-state index is 2.54. The van der Waals surface area contributed by atoms with Crippen molar-refractivity contribution in [3.05, 3.63) is 0 Å². The van der Waals surface area contributed by atoms with Crippen molar-refractivity contribution in [2.75, 3.05) is 6.17 Å². The second kappa shape index (κ2) is 3.34. The fraction of sp³-hybridized carbons (Fsp3) is 1.00. The van der Waals surface area contributed by atoms with Gasteiger partial charge < -0.3 is 0 Å². The van der Waals surface area contributed by atoms with Crippen LogP contribution in [0.4, 0.5) is 0 Å². The lowest BCUT2D eigenvalue weighted by molar-refractivity contribution is 0.376. The molecule has 3 heteroatoms. The summed E-state index contributed by atoms with van der Waals surface area (Å²) in [6, 6.07) is 2.35. The van der Waals surface area contributed by atoms with E-state index >= 15 is 0 Å². The van der Waals surface area contributed by atoms with Gasteiger partial charge in [-0.2, -0.15) is 0 Å². The molecular formula is C8H18INSi. The third-order valence-electron chi connectivity index (χ3n) is 2.47. The molecule has 0 spiro atoms. The van der Waals surface area contributed by atoms with E-state index in [9.17, 15) is 0 Å². The summed E-state index contributed by atoms with van der Waals surface area (Å²) < 4.78 is 2.54. The van der Waals surface area contributed by atoms with Crippen molar-refractivity contribution in [3.8, 4) is 0 Å². The highest BCUT2D eigenvalue weighted by Gasteiger charge is 2.38. The number of hydrogen-bond acceptors (Lipinski definition) is 1. The van der Waals surface area contributed by atoms with E-state index < -0.39 is 8.07 Å². The van der Waals surface area contributed by atoms with Gasteiger partial charge in [0.2, 0.25) is 0 Å². The number of nitrogens with zero attached hydrogens (tertiary/aromatic N) is 1. The van der Waals surface area contributed by atoms with Crippen LogP contribution in [0, 0.1) is 5.92 Å². The SMILES string of the molecule is CC(C)C1C[Si](C)(C)CN1I. The van der Waals surface area contributed by atoms with Gasteiger partial charge in [0.25, 0.3) is 0 Å². The summed E-state index contributed by atoms with van der Waals surface area (Å²) in [5.41, 5.74) is 0. The molecule has 0 aromatic carbocycles. The Kier molecular flexibility index (Phi) is 3.03. The Morgan fingerprint density at radius 2 is 2.00 bits per heavy atom. The highest BCUT2D eigenvalue weighted by atomic mass is 127. The standard InChI is InChI=1S/C8H18INSi/c1-7(2)8-5-11(3,4)6-10(8)9/h7-8H,5-6H2,1-4H3. The summed E-state index contributed by atoms with van der Waals surface area (Å²) in [5.74, 6) is 0.834. The summed E-state index contributed by atoms with van der Waals surface area (Å²) in [6.07, 6.45) is 1.39. The Labute approximate surface area is 85.0 Å². The highest BCUT2D eigenvalue weighted by molar-refractivity contribution is 14.1. The van der Waals surface area contributed by atoms with Gasteiger partial charge in [0.05, 0.1) is 8.07 Å². The molecule has 1 heterocycles. The van der Waals surface area contributed by atoms with E-state index in [4.69, 9.17) is 0 Å². The summed E-state index contributed by atoms with van der Waals surface area (Å²) in [5, 5.41) is 0. The quantitative estimate of drug-likeness (QED) is 0.406. The van der Waals surface area contributed by atoms with E-state index in [2.05, 4.69) is 52.9 Å². The molecule has 1 aliphatic rings. The lowest BCUT2D eigenvalue weighted by atomic mass is 10.1. The van der Waals surface area contributed by atoms with Gasteiger partial charge in [0.15, 0.2) is 0 Å². The predicted molar refractivity (Wildman–Crippen MR) is 61.6 cm³/mol. The molecule has 0 saturated carbocycles. The van der Waals surface area contributed by atoms with Gasteiger partial charge in [-0.25, -0.2) is 3.11 Å². The van der Waals surface area contributed by atoms with Crippen molar-refractivity contribution >= 4 is 30.9 Å². The first kappa shape index (κ1) is 9.99. The Morgan fingerprint density at radius 1 is 1.45 bits per heavy atom. The molecule has 1 atom stereocenters. The first-order valence-corrected chi connectivity index (χ1v) is 8.73. The Bertz CT molecular complexity index is 147. The molecular weight excluding hydrogens is 265 g/mol. The van der Waals surface area contributed by atoms with Crippen LogP contribution in [0.25, 0.3) is 0 Å². The minimum Gasteiger partial charge on any atom is -0.247 e. The van der Waals surface area contributed by atoms with Crippen molar-refractivity contribution in [2.45, 2.75) is 39.0 Å². The molecule has 1 rings (SSSR count). The van der Waals surface area contributed by atoms with E-state index in [1.807, 2.05) is 0 Å². The van der Waals surface area contributed by atoms with Gasteiger partial charge in [0.1, 0.15) is 0 Å². The van der Waals surface area contributed by atoms with Crippen molar-refractivity contribution in [3.63, 3.8) is 0 Å². The van der Waals surface area contributed by atoms with E-state index in [1.165, 1.54) is 12.2 Å². The summed E-state index contributed by atoms with van der Waals surface area (Å²) in [7, 11) is -0.811. The molecule has 0 bridgehead atoms. The Balaban J connectivity index is 2.59. The zero-order valence-corrected chi connectivity index (χ0v) is 11.1.